The first kappa shape index (κ1) is 23.6. The summed E-state index contributed by atoms with van der Waals surface area (Å²) in [6.45, 7) is 4.84. The SMILES string of the molecule is Cc1ccc(-c2ccccc2C(=O)Nc2ccc(C(=O)N3CCCCc4c3ccn4C)cc2)c(C)c1. The fourth-order valence-electron chi connectivity index (χ4n) is 5.08. The molecule has 4 aromatic rings. The van der Waals surface area contributed by atoms with E-state index in [0.717, 1.165) is 41.6 Å². The number of rotatable bonds is 4. The standard InChI is InChI=1S/C31H31N3O2/c1-21-11-16-25(22(2)20-21)26-8-4-5-9-27(26)30(35)32-24-14-12-23(13-15-24)31(36)34-18-7-6-10-28-29(34)17-19-33(28)3/h4-5,8-9,11-17,19-20H,6-7,10,18H2,1-3H3,(H,32,35). The second-order valence-corrected chi connectivity index (χ2v) is 9.57. The van der Waals surface area contributed by atoms with Crippen LogP contribution in [-0.4, -0.2) is 22.9 Å². The summed E-state index contributed by atoms with van der Waals surface area (Å²) >= 11 is 0. The van der Waals surface area contributed by atoms with Gasteiger partial charge in [-0.05, 0) is 86.2 Å². The van der Waals surface area contributed by atoms with Crippen molar-refractivity contribution in [3.63, 3.8) is 0 Å². The van der Waals surface area contributed by atoms with E-state index in [9.17, 15) is 9.59 Å². The van der Waals surface area contributed by atoms with Gasteiger partial charge in [-0.15, -0.1) is 0 Å². The van der Waals surface area contributed by atoms with Gasteiger partial charge in [-0.25, -0.2) is 0 Å². The van der Waals surface area contributed by atoms with Crippen LogP contribution >= 0.6 is 0 Å². The van der Waals surface area contributed by atoms with Gasteiger partial charge in [0.05, 0.1) is 5.69 Å². The highest BCUT2D eigenvalue weighted by molar-refractivity contribution is 6.10. The van der Waals surface area contributed by atoms with E-state index in [1.807, 2.05) is 48.5 Å². The maximum atomic E-state index is 13.4. The van der Waals surface area contributed by atoms with Gasteiger partial charge >= 0.3 is 0 Å². The molecular formula is C31H31N3O2. The molecule has 0 radical (unpaired) electrons. The normalized spacial score (nSPS) is 13.1. The predicted octanol–water partition coefficient (Wildman–Crippen LogP) is 6.54. The van der Waals surface area contributed by atoms with Gasteiger partial charge < -0.3 is 14.8 Å². The summed E-state index contributed by atoms with van der Waals surface area (Å²) in [5.74, 6) is -0.187. The van der Waals surface area contributed by atoms with Crippen molar-refractivity contribution in [2.24, 2.45) is 7.05 Å². The second kappa shape index (κ2) is 9.86. The van der Waals surface area contributed by atoms with Crippen molar-refractivity contribution in [1.82, 2.24) is 4.57 Å². The fourth-order valence-corrected chi connectivity index (χ4v) is 5.08. The van der Waals surface area contributed by atoms with Crippen LogP contribution in [0.5, 0.6) is 0 Å². The van der Waals surface area contributed by atoms with E-state index in [4.69, 9.17) is 0 Å². The molecule has 2 heterocycles. The molecule has 1 N–H and O–H groups in total. The van der Waals surface area contributed by atoms with Crippen molar-refractivity contribution in [3.8, 4) is 11.1 Å². The number of aryl methyl sites for hydroxylation is 3. The Balaban J connectivity index is 1.35. The van der Waals surface area contributed by atoms with E-state index in [-0.39, 0.29) is 11.8 Å². The van der Waals surface area contributed by atoms with Crippen molar-refractivity contribution >= 4 is 23.2 Å². The average Bonchev–Trinajstić information content (AvgIpc) is 3.10. The van der Waals surface area contributed by atoms with Gasteiger partial charge in [0.25, 0.3) is 11.8 Å². The lowest BCUT2D eigenvalue weighted by Crippen LogP contribution is -2.31. The molecule has 0 saturated heterocycles. The summed E-state index contributed by atoms with van der Waals surface area (Å²) in [5.41, 5.74) is 8.36. The summed E-state index contributed by atoms with van der Waals surface area (Å²) in [7, 11) is 2.03. The maximum Gasteiger partial charge on any atom is 0.258 e. The van der Waals surface area contributed by atoms with Gasteiger partial charge in [0, 0.05) is 42.3 Å². The molecule has 0 bridgehead atoms. The van der Waals surface area contributed by atoms with Crippen LogP contribution in [0, 0.1) is 13.8 Å². The van der Waals surface area contributed by atoms with E-state index in [2.05, 4.69) is 41.9 Å². The molecule has 1 aromatic heterocycles. The van der Waals surface area contributed by atoms with Crippen molar-refractivity contribution < 1.29 is 9.59 Å². The summed E-state index contributed by atoms with van der Waals surface area (Å²) in [4.78, 5) is 28.5. The van der Waals surface area contributed by atoms with Crippen LogP contribution in [0.4, 0.5) is 11.4 Å². The number of benzene rings is 3. The predicted molar refractivity (Wildman–Crippen MR) is 146 cm³/mol. The Morgan fingerprint density at radius 2 is 1.64 bits per heavy atom. The van der Waals surface area contributed by atoms with Crippen molar-refractivity contribution in [1.29, 1.82) is 0 Å². The molecule has 182 valence electrons. The highest BCUT2D eigenvalue weighted by Crippen LogP contribution is 2.30. The van der Waals surface area contributed by atoms with Gasteiger partial charge in [0.15, 0.2) is 0 Å². The minimum atomic E-state index is -0.175. The molecule has 0 spiro atoms. The zero-order valence-electron chi connectivity index (χ0n) is 21.0. The summed E-state index contributed by atoms with van der Waals surface area (Å²) in [6.07, 6.45) is 5.06. The third kappa shape index (κ3) is 4.57. The quantitative estimate of drug-likeness (QED) is 0.363. The molecule has 2 amide bonds. The number of nitrogens with zero attached hydrogens (tertiary/aromatic N) is 2. The Labute approximate surface area is 212 Å². The number of hydrogen-bond donors (Lipinski definition) is 1. The summed E-state index contributed by atoms with van der Waals surface area (Å²) in [5, 5.41) is 3.01. The summed E-state index contributed by atoms with van der Waals surface area (Å²) < 4.78 is 2.11. The van der Waals surface area contributed by atoms with Crippen LogP contribution in [0.25, 0.3) is 11.1 Å². The molecule has 5 heteroatoms. The van der Waals surface area contributed by atoms with Gasteiger partial charge in [-0.3, -0.25) is 9.59 Å². The molecular weight excluding hydrogens is 446 g/mol. The Hall–Kier alpha value is -4.12. The number of hydrogen-bond acceptors (Lipinski definition) is 2. The van der Waals surface area contributed by atoms with E-state index in [1.165, 1.54) is 11.3 Å². The van der Waals surface area contributed by atoms with Gasteiger partial charge in [-0.2, -0.15) is 0 Å². The molecule has 36 heavy (non-hydrogen) atoms. The third-order valence-electron chi connectivity index (χ3n) is 6.99. The van der Waals surface area contributed by atoms with Crippen LogP contribution in [0.1, 0.15) is 50.4 Å². The Morgan fingerprint density at radius 1 is 0.861 bits per heavy atom. The fraction of sp³-hybridized carbons (Fsp3) is 0.226. The number of nitrogens with one attached hydrogen (secondary N) is 1. The first-order valence-electron chi connectivity index (χ1n) is 12.5. The number of carbonyl (C=O) groups is 2. The maximum absolute atomic E-state index is 13.4. The van der Waals surface area contributed by atoms with Crippen molar-refractivity contribution in [2.45, 2.75) is 33.1 Å². The highest BCUT2D eigenvalue weighted by Gasteiger charge is 2.24. The Morgan fingerprint density at radius 3 is 2.42 bits per heavy atom. The topological polar surface area (TPSA) is 54.3 Å². The Bertz CT molecular complexity index is 1430. The van der Waals surface area contributed by atoms with E-state index in [1.54, 1.807) is 24.3 Å². The van der Waals surface area contributed by atoms with Crippen molar-refractivity contribution in [2.75, 3.05) is 16.8 Å². The molecule has 1 aliphatic heterocycles. The van der Waals surface area contributed by atoms with E-state index < -0.39 is 0 Å². The zero-order chi connectivity index (χ0) is 25.2. The average molecular weight is 478 g/mol. The molecule has 0 atom stereocenters. The third-order valence-corrected chi connectivity index (χ3v) is 6.99. The first-order valence-corrected chi connectivity index (χ1v) is 12.5. The molecule has 5 nitrogen and oxygen atoms in total. The lowest BCUT2D eigenvalue weighted by molar-refractivity contribution is 0.0985. The molecule has 0 fully saturated rings. The van der Waals surface area contributed by atoms with Gasteiger partial charge in [-0.1, -0.05) is 42.0 Å². The van der Waals surface area contributed by atoms with Gasteiger partial charge in [0.1, 0.15) is 0 Å². The smallest absolute Gasteiger partial charge is 0.258 e. The molecule has 5 rings (SSSR count). The molecule has 0 aliphatic carbocycles. The number of aromatic nitrogens is 1. The van der Waals surface area contributed by atoms with Crippen LogP contribution < -0.4 is 10.2 Å². The van der Waals surface area contributed by atoms with Gasteiger partial charge in [0.2, 0.25) is 0 Å². The van der Waals surface area contributed by atoms with Crippen LogP contribution in [0.3, 0.4) is 0 Å². The van der Waals surface area contributed by atoms with Crippen LogP contribution in [0.2, 0.25) is 0 Å². The molecule has 3 aromatic carbocycles. The highest BCUT2D eigenvalue weighted by atomic mass is 16.2. The monoisotopic (exact) mass is 477 g/mol. The zero-order valence-corrected chi connectivity index (χ0v) is 21.0. The largest absolute Gasteiger partial charge is 0.353 e. The van der Waals surface area contributed by atoms with Crippen LogP contribution in [0.15, 0.2) is 79.0 Å². The minimum Gasteiger partial charge on any atom is -0.353 e. The summed E-state index contributed by atoms with van der Waals surface area (Å²) in [6, 6.07) is 23.1. The number of anilines is 2. The van der Waals surface area contributed by atoms with E-state index in [0.29, 0.717) is 23.4 Å². The lowest BCUT2D eigenvalue weighted by Gasteiger charge is -2.21. The number of carbonyl (C=O) groups excluding carboxylic acids is 2. The Kier molecular flexibility index (Phi) is 6.47. The van der Waals surface area contributed by atoms with Crippen molar-refractivity contribution in [3.05, 3.63) is 107 Å². The number of amides is 2. The molecule has 0 saturated carbocycles. The molecule has 0 unspecified atom stereocenters. The minimum absolute atomic E-state index is 0.0116. The van der Waals surface area contributed by atoms with E-state index >= 15 is 0 Å². The number of fused-ring (bicyclic) bond motifs is 1. The van der Waals surface area contributed by atoms with Crippen LogP contribution in [-0.2, 0) is 13.5 Å². The lowest BCUT2D eigenvalue weighted by atomic mass is 9.94. The second-order valence-electron chi connectivity index (χ2n) is 9.57. The molecule has 1 aliphatic rings. The first-order chi connectivity index (χ1) is 17.4.